The number of halogens is 1. The molecule has 1 N–H and O–H groups in total. The summed E-state index contributed by atoms with van der Waals surface area (Å²) in [6.45, 7) is 5.41. The lowest BCUT2D eigenvalue weighted by atomic mass is 9.54. The molecule has 0 bridgehead atoms. The van der Waals surface area contributed by atoms with Crippen LogP contribution in [0.2, 0.25) is 0 Å². The van der Waals surface area contributed by atoms with Gasteiger partial charge in [0.25, 0.3) is 0 Å². The molecule has 2 aliphatic rings. The van der Waals surface area contributed by atoms with Crippen LogP contribution in [0, 0.1) is 62.5 Å². The molecule has 1 aliphatic carbocycles. The van der Waals surface area contributed by atoms with Crippen LogP contribution in [0.4, 0.5) is 9.18 Å². The Hall–Kier alpha value is -3.70. The first-order chi connectivity index (χ1) is 14.6. The van der Waals surface area contributed by atoms with Gasteiger partial charge in [0, 0.05) is 24.9 Å². The molecule has 0 saturated heterocycles. The van der Waals surface area contributed by atoms with E-state index >= 15 is 0 Å². The molecule has 1 amide bonds. The van der Waals surface area contributed by atoms with Crippen molar-refractivity contribution >= 4 is 11.8 Å². The van der Waals surface area contributed by atoms with E-state index < -0.39 is 40.7 Å². The summed E-state index contributed by atoms with van der Waals surface area (Å²) in [7, 11) is 0. The van der Waals surface area contributed by atoms with Crippen LogP contribution in [0.25, 0.3) is 0 Å². The molecule has 1 aliphatic heterocycles. The van der Waals surface area contributed by atoms with Gasteiger partial charge in [-0.05, 0) is 38.0 Å². The number of rotatable bonds is 1. The van der Waals surface area contributed by atoms with Crippen LogP contribution in [-0.4, -0.2) is 35.4 Å². The van der Waals surface area contributed by atoms with E-state index in [0.717, 1.165) is 0 Å². The van der Waals surface area contributed by atoms with Gasteiger partial charge in [-0.2, -0.15) is 15.8 Å². The van der Waals surface area contributed by atoms with Crippen LogP contribution < -0.4 is 0 Å². The first-order valence-electron chi connectivity index (χ1n) is 9.83. The highest BCUT2D eigenvalue weighted by molar-refractivity contribution is 6.01. The molecule has 3 atom stereocenters. The monoisotopic (exact) mass is 419 g/mol. The lowest BCUT2D eigenvalue weighted by Gasteiger charge is -2.47. The van der Waals surface area contributed by atoms with Crippen molar-refractivity contribution in [3.05, 3.63) is 47.3 Å². The number of hydrogen-bond donors (Lipinski definition) is 1. The van der Waals surface area contributed by atoms with E-state index in [-0.39, 0.29) is 24.4 Å². The highest BCUT2D eigenvalue weighted by Gasteiger charge is 2.58. The van der Waals surface area contributed by atoms with Gasteiger partial charge >= 0.3 is 6.09 Å². The summed E-state index contributed by atoms with van der Waals surface area (Å²) >= 11 is 0. The first-order valence-corrected chi connectivity index (χ1v) is 9.83. The Kier molecular flexibility index (Phi) is 5.57. The standard InChI is InChI=1S/C23H22FN5O2/c1-22(2,3)31-21(30)29-9-8-14-16(10-25)20(28)23(12-26,13-27)19(17(14)11-29)15-6-4-5-7-18(15)24/h4-8,16-17,19,28H,9,11H2,1-3H3/t16?,17-,19+/m1/s1. The normalized spacial score (nSPS) is 24.7. The number of benzene rings is 1. The fraction of sp³-hybridized carbons (Fsp3) is 0.435. The molecule has 1 aromatic rings. The summed E-state index contributed by atoms with van der Waals surface area (Å²) in [5.74, 6) is -3.46. The predicted octanol–water partition coefficient (Wildman–Crippen LogP) is 3.91. The highest BCUT2D eigenvalue weighted by Crippen LogP contribution is 2.53. The summed E-state index contributed by atoms with van der Waals surface area (Å²) in [6.07, 6.45) is 1.08. The zero-order valence-electron chi connectivity index (χ0n) is 17.5. The van der Waals surface area contributed by atoms with Crippen LogP contribution in [-0.2, 0) is 4.74 Å². The SMILES string of the molecule is CC(C)(C)OC(=O)N1CC=C2C(C#N)C(=N)C(C#N)(C#N)[C@@H](c3ccccc3F)[C@@H]2C1. The van der Waals surface area contributed by atoms with Crippen molar-refractivity contribution in [2.75, 3.05) is 13.1 Å². The number of nitrogens with one attached hydrogen (secondary N) is 1. The van der Waals surface area contributed by atoms with E-state index in [0.29, 0.717) is 5.57 Å². The van der Waals surface area contributed by atoms with Gasteiger partial charge in [0.05, 0.1) is 23.9 Å². The zero-order valence-corrected chi connectivity index (χ0v) is 17.5. The Bertz CT molecular complexity index is 1070. The summed E-state index contributed by atoms with van der Waals surface area (Å²) in [5.41, 5.74) is -2.49. The van der Waals surface area contributed by atoms with Crippen molar-refractivity contribution in [1.82, 2.24) is 4.90 Å². The molecule has 1 saturated carbocycles. The van der Waals surface area contributed by atoms with Crippen molar-refractivity contribution in [2.45, 2.75) is 32.3 Å². The van der Waals surface area contributed by atoms with E-state index in [1.54, 1.807) is 32.9 Å². The van der Waals surface area contributed by atoms with Gasteiger partial charge in [0.1, 0.15) is 17.3 Å². The maximum atomic E-state index is 14.9. The van der Waals surface area contributed by atoms with Gasteiger partial charge in [0.15, 0.2) is 5.41 Å². The lowest BCUT2D eigenvalue weighted by Crippen LogP contribution is -2.54. The molecule has 7 nitrogen and oxygen atoms in total. The largest absolute Gasteiger partial charge is 0.444 e. The quantitative estimate of drug-likeness (QED) is 0.691. The third-order valence-corrected chi connectivity index (χ3v) is 5.68. The van der Waals surface area contributed by atoms with Crippen molar-refractivity contribution < 1.29 is 13.9 Å². The molecule has 0 spiro atoms. The van der Waals surface area contributed by atoms with Crippen LogP contribution in [0.1, 0.15) is 32.3 Å². The molecule has 0 radical (unpaired) electrons. The second kappa shape index (κ2) is 7.85. The smallest absolute Gasteiger partial charge is 0.410 e. The molecule has 1 aromatic carbocycles. The molecule has 31 heavy (non-hydrogen) atoms. The van der Waals surface area contributed by atoms with Crippen LogP contribution in [0.5, 0.6) is 0 Å². The van der Waals surface area contributed by atoms with Crippen LogP contribution in [0.3, 0.4) is 0 Å². The van der Waals surface area contributed by atoms with Crippen molar-refractivity contribution in [3.63, 3.8) is 0 Å². The van der Waals surface area contributed by atoms with E-state index in [2.05, 4.69) is 0 Å². The maximum Gasteiger partial charge on any atom is 0.410 e. The van der Waals surface area contributed by atoms with Crippen molar-refractivity contribution in [2.24, 2.45) is 17.3 Å². The average molecular weight is 419 g/mol. The Balaban J connectivity index is 2.17. The minimum atomic E-state index is -2.04. The topological polar surface area (TPSA) is 125 Å². The van der Waals surface area contributed by atoms with Crippen LogP contribution >= 0.6 is 0 Å². The van der Waals surface area contributed by atoms with Gasteiger partial charge in [-0.15, -0.1) is 0 Å². The molecule has 8 heteroatoms. The third-order valence-electron chi connectivity index (χ3n) is 5.68. The Morgan fingerprint density at radius 3 is 2.45 bits per heavy atom. The lowest BCUT2D eigenvalue weighted by molar-refractivity contribution is 0.0221. The molecule has 3 rings (SSSR count). The molecule has 1 heterocycles. The Morgan fingerprint density at radius 2 is 1.90 bits per heavy atom. The fourth-order valence-electron chi connectivity index (χ4n) is 4.35. The second-order valence-corrected chi connectivity index (χ2v) is 8.70. The van der Waals surface area contributed by atoms with E-state index in [4.69, 9.17) is 10.1 Å². The zero-order chi connectivity index (χ0) is 23.0. The van der Waals surface area contributed by atoms with Gasteiger partial charge < -0.3 is 15.0 Å². The summed E-state index contributed by atoms with van der Waals surface area (Å²) < 4.78 is 20.3. The van der Waals surface area contributed by atoms with E-state index in [1.807, 2.05) is 18.2 Å². The molecule has 1 unspecified atom stereocenters. The fourth-order valence-corrected chi connectivity index (χ4v) is 4.35. The number of fused-ring (bicyclic) bond motifs is 1. The van der Waals surface area contributed by atoms with E-state index in [9.17, 15) is 25.0 Å². The number of nitriles is 3. The number of amides is 1. The Morgan fingerprint density at radius 1 is 1.26 bits per heavy atom. The number of ether oxygens (including phenoxy) is 1. The van der Waals surface area contributed by atoms with Crippen LogP contribution in [0.15, 0.2) is 35.9 Å². The van der Waals surface area contributed by atoms with E-state index in [1.165, 1.54) is 23.1 Å². The molecular weight excluding hydrogens is 397 g/mol. The van der Waals surface area contributed by atoms with Gasteiger partial charge in [-0.1, -0.05) is 24.3 Å². The highest BCUT2D eigenvalue weighted by atomic mass is 19.1. The van der Waals surface area contributed by atoms with Gasteiger partial charge in [-0.25, -0.2) is 9.18 Å². The van der Waals surface area contributed by atoms with Crippen molar-refractivity contribution in [1.29, 1.82) is 21.2 Å². The third kappa shape index (κ3) is 3.64. The number of hydrogen-bond acceptors (Lipinski definition) is 6. The Labute approximate surface area is 180 Å². The van der Waals surface area contributed by atoms with Gasteiger partial charge in [0.2, 0.25) is 0 Å². The number of nitrogens with zero attached hydrogens (tertiary/aromatic N) is 4. The maximum absolute atomic E-state index is 14.9. The predicted molar refractivity (Wildman–Crippen MR) is 109 cm³/mol. The summed E-state index contributed by atoms with van der Waals surface area (Å²) in [4.78, 5) is 14.1. The summed E-state index contributed by atoms with van der Waals surface area (Å²) in [5, 5.41) is 38.3. The average Bonchev–Trinajstić information content (AvgIpc) is 2.72. The van der Waals surface area contributed by atoms with Crippen molar-refractivity contribution in [3.8, 4) is 18.2 Å². The minimum Gasteiger partial charge on any atom is -0.444 e. The first kappa shape index (κ1) is 22.0. The van der Waals surface area contributed by atoms with Gasteiger partial charge in [-0.3, -0.25) is 0 Å². The molecular formula is C23H22FN5O2. The molecule has 1 fully saturated rings. The number of carbonyl (C=O) groups is 1. The number of carbonyl (C=O) groups excluding carboxylic acids is 1. The summed E-state index contributed by atoms with van der Waals surface area (Å²) in [6, 6.07) is 11.6. The minimum absolute atomic E-state index is 0.0380. The molecule has 158 valence electrons. The second-order valence-electron chi connectivity index (χ2n) is 8.70. The molecule has 0 aromatic heterocycles.